The van der Waals surface area contributed by atoms with Crippen LogP contribution in [-0.4, -0.2) is 19.7 Å². The van der Waals surface area contributed by atoms with Gasteiger partial charge in [0.15, 0.2) is 0 Å². The summed E-state index contributed by atoms with van der Waals surface area (Å²) in [5.41, 5.74) is 3.04. The van der Waals surface area contributed by atoms with Gasteiger partial charge in [0.2, 0.25) is 10.0 Å². The van der Waals surface area contributed by atoms with Crippen LogP contribution in [0.25, 0.3) is 0 Å². The van der Waals surface area contributed by atoms with E-state index in [9.17, 15) is 8.42 Å². The van der Waals surface area contributed by atoms with Crippen LogP contribution in [0.3, 0.4) is 0 Å². The van der Waals surface area contributed by atoms with Crippen molar-refractivity contribution in [2.24, 2.45) is 11.8 Å². The van der Waals surface area contributed by atoms with Crippen molar-refractivity contribution < 1.29 is 8.42 Å². The molecule has 2 aliphatic rings. The van der Waals surface area contributed by atoms with Gasteiger partial charge in [-0.15, -0.1) is 0 Å². The van der Waals surface area contributed by atoms with Gasteiger partial charge in [-0.25, -0.2) is 13.1 Å². The Bertz CT molecular complexity index is 826. The molecule has 2 aromatic carbocycles. The summed E-state index contributed by atoms with van der Waals surface area (Å²) in [7, 11) is -2.94. The predicted octanol–water partition coefficient (Wildman–Crippen LogP) is 6.10. The van der Waals surface area contributed by atoms with Crippen molar-refractivity contribution >= 4 is 10.0 Å². The highest BCUT2D eigenvalue weighted by molar-refractivity contribution is 7.90. The molecule has 0 aliphatic heterocycles. The van der Waals surface area contributed by atoms with Crippen LogP contribution in [0, 0.1) is 11.8 Å². The molecule has 0 spiro atoms. The first-order valence-electron chi connectivity index (χ1n) is 11.4. The summed E-state index contributed by atoms with van der Waals surface area (Å²) in [6.07, 6.45) is 4.34. The van der Waals surface area contributed by atoms with E-state index in [0.29, 0.717) is 11.8 Å². The molecule has 0 saturated heterocycles. The number of nitrogens with one attached hydrogen (secondary N) is 1. The van der Waals surface area contributed by atoms with E-state index in [1.54, 1.807) is 0 Å². The van der Waals surface area contributed by atoms with Gasteiger partial charge in [-0.05, 0) is 74.3 Å². The van der Waals surface area contributed by atoms with Crippen LogP contribution in [0.5, 0.6) is 0 Å². The summed E-state index contributed by atoms with van der Waals surface area (Å²) in [6.45, 7) is 8.42. The van der Waals surface area contributed by atoms with Gasteiger partial charge < -0.3 is 0 Å². The molecule has 0 aromatic heterocycles. The van der Waals surface area contributed by atoms with Gasteiger partial charge in [0.25, 0.3) is 0 Å². The molecule has 3 atom stereocenters. The van der Waals surface area contributed by atoms with E-state index in [4.69, 9.17) is 0 Å². The number of hydrogen-bond donors (Lipinski definition) is 1. The zero-order valence-corrected chi connectivity index (χ0v) is 19.6. The maximum Gasteiger partial charge on any atom is 0.214 e. The standard InChI is InChI=1S/C20H24.C6H13NO2S/c1-15(2)18-13-19(16-9-5-3-6-10-16)20(14-18)17-11-7-4-8-12-17;1-5(2)7-10(8,9)6-3-4-6/h3-12,15,18-20H,13-14H2,1-2H3;5-7H,3-4H2,1-2H3/t18?,19-,20+;. The van der Waals surface area contributed by atoms with Crippen LogP contribution in [-0.2, 0) is 10.0 Å². The average Bonchev–Trinajstić information content (AvgIpc) is 3.48. The second kappa shape index (κ2) is 10.1. The van der Waals surface area contributed by atoms with Gasteiger partial charge in [-0.2, -0.15) is 0 Å². The third-order valence-corrected chi connectivity index (χ3v) is 8.51. The molecule has 2 saturated carbocycles. The minimum Gasteiger partial charge on any atom is -0.212 e. The third kappa shape index (κ3) is 6.18. The highest BCUT2D eigenvalue weighted by atomic mass is 32.2. The molecule has 4 heteroatoms. The zero-order chi connectivity index (χ0) is 21.7. The molecule has 0 radical (unpaired) electrons. The summed E-state index contributed by atoms with van der Waals surface area (Å²) in [6, 6.07) is 22.2. The van der Waals surface area contributed by atoms with Gasteiger partial charge in [0.1, 0.15) is 0 Å². The highest BCUT2D eigenvalue weighted by Crippen LogP contribution is 2.50. The van der Waals surface area contributed by atoms with Crippen molar-refractivity contribution in [2.75, 3.05) is 0 Å². The molecule has 0 amide bonds. The molecule has 1 N–H and O–H groups in total. The third-order valence-electron chi connectivity index (χ3n) is 6.36. The van der Waals surface area contributed by atoms with Crippen LogP contribution in [0.4, 0.5) is 0 Å². The summed E-state index contributed by atoms with van der Waals surface area (Å²) >= 11 is 0. The highest BCUT2D eigenvalue weighted by Gasteiger charge is 2.37. The lowest BCUT2D eigenvalue weighted by Crippen LogP contribution is -2.32. The van der Waals surface area contributed by atoms with Crippen LogP contribution >= 0.6 is 0 Å². The Morgan fingerprint density at radius 2 is 1.20 bits per heavy atom. The maximum atomic E-state index is 11.1. The van der Waals surface area contributed by atoms with E-state index in [1.807, 2.05) is 13.8 Å². The Morgan fingerprint density at radius 3 is 1.53 bits per heavy atom. The monoisotopic (exact) mass is 427 g/mol. The van der Waals surface area contributed by atoms with E-state index in [0.717, 1.165) is 24.7 Å². The average molecular weight is 428 g/mol. The molecular formula is C26H37NO2S. The molecule has 30 heavy (non-hydrogen) atoms. The molecule has 3 nitrogen and oxygen atoms in total. The molecule has 1 unspecified atom stereocenters. The lowest BCUT2D eigenvalue weighted by atomic mass is 9.84. The van der Waals surface area contributed by atoms with E-state index in [-0.39, 0.29) is 11.3 Å². The van der Waals surface area contributed by atoms with Crippen molar-refractivity contribution in [3.8, 4) is 0 Å². The van der Waals surface area contributed by atoms with Crippen LogP contribution < -0.4 is 4.72 Å². The SMILES string of the molecule is CC(C)C1C[C@H](c2ccccc2)[C@H](c2ccccc2)C1.CC(C)NS(=O)(=O)C1CC1. The molecule has 2 fully saturated rings. The van der Waals surface area contributed by atoms with Crippen molar-refractivity contribution in [3.05, 3.63) is 71.8 Å². The number of hydrogen-bond acceptors (Lipinski definition) is 2. The number of sulfonamides is 1. The Morgan fingerprint density at radius 1 is 0.767 bits per heavy atom. The summed E-state index contributed by atoms with van der Waals surface area (Å²) in [5, 5.41) is -0.0881. The molecule has 0 bridgehead atoms. The van der Waals surface area contributed by atoms with Gasteiger partial charge in [0.05, 0.1) is 5.25 Å². The fourth-order valence-electron chi connectivity index (χ4n) is 4.56. The smallest absolute Gasteiger partial charge is 0.212 e. The zero-order valence-electron chi connectivity index (χ0n) is 18.8. The molecular weight excluding hydrogens is 390 g/mol. The largest absolute Gasteiger partial charge is 0.214 e. The van der Waals surface area contributed by atoms with Crippen LogP contribution in [0.15, 0.2) is 60.7 Å². The first kappa shape index (κ1) is 23.0. The number of rotatable bonds is 6. The quantitative estimate of drug-likeness (QED) is 0.606. The summed E-state index contributed by atoms with van der Waals surface area (Å²) in [5.74, 6) is 3.01. The first-order chi connectivity index (χ1) is 14.3. The van der Waals surface area contributed by atoms with Crippen molar-refractivity contribution in [2.45, 2.75) is 76.5 Å². The van der Waals surface area contributed by atoms with E-state index in [2.05, 4.69) is 79.2 Å². The molecule has 164 valence electrons. The van der Waals surface area contributed by atoms with Crippen molar-refractivity contribution in [1.82, 2.24) is 4.72 Å². The Balaban J connectivity index is 0.000000216. The van der Waals surface area contributed by atoms with E-state index < -0.39 is 10.0 Å². The lowest BCUT2D eigenvalue weighted by molar-refractivity contribution is 0.389. The minimum absolute atomic E-state index is 0.0330. The van der Waals surface area contributed by atoms with E-state index in [1.165, 1.54) is 24.0 Å². The number of benzene rings is 2. The van der Waals surface area contributed by atoms with Gasteiger partial charge in [0, 0.05) is 6.04 Å². The second-order valence-corrected chi connectivity index (χ2v) is 11.5. The predicted molar refractivity (Wildman–Crippen MR) is 126 cm³/mol. The Hall–Kier alpha value is -1.65. The van der Waals surface area contributed by atoms with Crippen LogP contribution in [0.2, 0.25) is 0 Å². The van der Waals surface area contributed by atoms with E-state index >= 15 is 0 Å². The Kier molecular flexibility index (Phi) is 7.75. The fraction of sp³-hybridized carbons (Fsp3) is 0.538. The maximum absolute atomic E-state index is 11.1. The normalized spacial score (nSPS) is 24.0. The molecule has 2 aliphatic carbocycles. The summed E-state index contributed by atoms with van der Waals surface area (Å²) < 4.78 is 24.7. The minimum atomic E-state index is -2.94. The summed E-state index contributed by atoms with van der Waals surface area (Å²) in [4.78, 5) is 0. The van der Waals surface area contributed by atoms with Gasteiger partial charge >= 0.3 is 0 Å². The fourth-order valence-corrected chi connectivity index (χ4v) is 6.17. The van der Waals surface area contributed by atoms with Crippen molar-refractivity contribution in [3.63, 3.8) is 0 Å². The topological polar surface area (TPSA) is 46.2 Å². The van der Waals surface area contributed by atoms with Crippen LogP contribution in [0.1, 0.15) is 76.3 Å². The molecule has 4 rings (SSSR count). The Labute approximate surface area is 183 Å². The molecule has 2 aromatic rings. The van der Waals surface area contributed by atoms with Gasteiger partial charge in [-0.3, -0.25) is 0 Å². The molecule has 0 heterocycles. The lowest BCUT2D eigenvalue weighted by Gasteiger charge is -2.20. The first-order valence-corrected chi connectivity index (χ1v) is 12.9. The van der Waals surface area contributed by atoms with Gasteiger partial charge in [-0.1, -0.05) is 74.5 Å². The second-order valence-electron chi connectivity index (χ2n) is 9.53. The van der Waals surface area contributed by atoms with Crippen molar-refractivity contribution in [1.29, 1.82) is 0 Å².